The van der Waals surface area contributed by atoms with Gasteiger partial charge in [-0.25, -0.2) is 13.8 Å². The van der Waals surface area contributed by atoms with Gasteiger partial charge in [-0.15, -0.1) is 4.83 Å². The Morgan fingerprint density at radius 3 is 2.39 bits per heavy atom. The van der Waals surface area contributed by atoms with Crippen molar-refractivity contribution < 1.29 is 13.2 Å². The van der Waals surface area contributed by atoms with Crippen molar-refractivity contribution in [3.05, 3.63) is 29.8 Å². The molecule has 0 amide bonds. The van der Waals surface area contributed by atoms with Crippen molar-refractivity contribution in [2.24, 2.45) is 0 Å². The molecule has 1 fully saturated rings. The highest BCUT2D eigenvalue weighted by Crippen LogP contribution is 2.10. The van der Waals surface area contributed by atoms with Gasteiger partial charge in [-0.2, -0.15) is 0 Å². The molecule has 0 radical (unpaired) electrons. The maximum absolute atomic E-state index is 12.0. The highest BCUT2D eigenvalue weighted by Gasteiger charge is 2.18. The monoisotopic (exact) mass is 270 g/mol. The van der Waals surface area contributed by atoms with E-state index in [0.29, 0.717) is 13.2 Å². The summed E-state index contributed by atoms with van der Waals surface area (Å²) in [6.45, 7) is 3.26. The number of hydrogen-bond acceptors (Lipinski definition) is 4. The normalized spacial score (nSPS) is 17.8. The molecule has 1 aliphatic heterocycles. The highest BCUT2D eigenvalue weighted by molar-refractivity contribution is 7.89. The van der Waals surface area contributed by atoms with Gasteiger partial charge >= 0.3 is 0 Å². The first kappa shape index (κ1) is 13.5. The molecule has 5 nitrogen and oxygen atoms in total. The molecule has 2 rings (SSSR count). The number of hydrogen-bond donors (Lipinski definition) is 2. The highest BCUT2D eigenvalue weighted by atomic mass is 32.2. The van der Waals surface area contributed by atoms with E-state index in [1.165, 1.54) is 0 Å². The first-order valence-electron chi connectivity index (χ1n) is 6.00. The average Bonchev–Trinajstić information content (AvgIpc) is 2.38. The lowest BCUT2D eigenvalue weighted by Crippen LogP contribution is -2.46. The first-order valence-corrected chi connectivity index (χ1v) is 7.48. The van der Waals surface area contributed by atoms with Crippen LogP contribution in [0.1, 0.15) is 18.4 Å². The van der Waals surface area contributed by atoms with Gasteiger partial charge in [0.1, 0.15) is 0 Å². The van der Waals surface area contributed by atoms with Crippen LogP contribution >= 0.6 is 0 Å². The summed E-state index contributed by atoms with van der Waals surface area (Å²) in [7, 11) is -3.48. The summed E-state index contributed by atoms with van der Waals surface area (Å²) in [6.07, 6.45) is 1.63. The van der Waals surface area contributed by atoms with Crippen molar-refractivity contribution in [3.8, 4) is 0 Å². The lowest BCUT2D eigenvalue weighted by atomic mass is 10.1. The van der Waals surface area contributed by atoms with Crippen LogP contribution in [0.3, 0.4) is 0 Å². The van der Waals surface area contributed by atoms with Gasteiger partial charge in [0.15, 0.2) is 0 Å². The summed E-state index contributed by atoms with van der Waals surface area (Å²) < 4.78 is 29.2. The van der Waals surface area contributed by atoms with E-state index < -0.39 is 10.0 Å². The summed E-state index contributed by atoms with van der Waals surface area (Å²) in [5.74, 6) is 0. The van der Waals surface area contributed by atoms with E-state index in [1.54, 1.807) is 24.3 Å². The zero-order valence-corrected chi connectivity index (χ0v) is 11.2. The van der Waals surface area contributed by atoms with E-state index in [1.807, 2.05) is 6.92 Å². The van der Waals surface area contributed by atoms with E-state index >= 15 is 0 Å². The number of sulfonamides is 1. The number of ether oxygens (including phenoxy) is 1. The van der Waals surface area contributed by atoms with Crippen LogP contribution < -0.4 is 10.3 Å². The minimum atomic E-state index is -3.48. The van der Waals surface area contributed by atoms with Gasteiger partial charge in [0.25, 0.3) is 10.0 Å². The predicted octanol–water partition coefficient (Wildman–Crippen LogP) is 0.957. The lowest BCUT2D eigenvalue weighted by Gasteiger charge is -2.23. The molecule has 1 saturated heterocycles. The van der Waals surface area contributed by atoms with Crippen LogP contribution in [-0.2, 0) is 14.8 Å². The molecule has 6 heteroatoms. The average molecular weight is 270 g/mol. The van der Waals surface area contributed by atoms with Crippen molar-refractivity contribution >= 4 is 10.0 Å². The predicted molar refractivity (Wildman–Crippen MR) is 68.5 cm³/mol. The maximum Gasteiger partial charge on any atom is 0.253 e. The summed E-state index contributed by atoms with van der Waals surface area (Å²) in [6, 6.07) is 6.90. The third-order valence-corrected chi connectivity index (χ3v) is 4.23. The number of aryl methyl sites for hydroxylation is 1. The molecule has 1 aromatic rings. The van der Waals surface area contributed by atoms with Gasteiger partial charge in [0.05, 0.1) is 4.90 Å². The van der Waals surface area contributed by atoms with Crippen LogP contribution in [0, 0.1) is 6.92 Å². The Morgan fingerprint density at radius 2 is 1.78 bits per heavy atom. The SMILES string of the molecule is Cc1ccc(S(=O)(=O)NNC2CCOCC2)cc1. The fourth-order valence-electron chi connectivity index (χ4n) is 1.78. The van der Waals surface area contributed by atoms with E-state index in [-0.39, 0.29) is 10.9 Å². The summed E-state index contributed by atoms with van der Waals surface area (Å²) in [5.41, 5.74) is 3.89. The molecule has 1 aromatic carbocycles. The zero-order valence-electron chi connectivity index (χ0n) is 10.3. The Kier molecular flexibility index (Phi) is 4.34. The lowest BCUT2D eigenvalue weighted by molar-refractivity contribution is 0.0765. The van der Waals surface area contributed by atoms with Crippen LogP contribution in [0.5, 0.6) is 0 Å². The van der Waals surface area contributed by atoms with Crippen molar-refractivity contribution in [2.75, 3.05) is 13.2 Å². The van der Waals surface area contributed by atoms with Crippen LogP contribution in [0.2, 0.25) is 0 Å². The van der Waals surface area contributed by atoms with Crippen molar-refractivity contribution in [3.63, 3.8) is 0 Å². The molecular formula is C12H18N2O3S. The van der Waals surface area contributed by atoms with Crippen LogP contribution in [0.4, 0.5) is 0 Å². The molecule has 1 aliphatic rings. The molecular weight excluding hydrogens is 252 g/mol. The number of benzene rings is 1. The Morgan fingerprint density at radius 1 is 1.17 bits per heavy atom. The Labute approximate surface area is 108 Å². The fourth-order valence-corrected chi connectivity index (χ4v) is 2.71. The molecule has 0 bridgehead atoms. The second kappa shape index (κ2) is 5.79. The third kappa shape index (κ3) is 3.52. The minimum Gasteiger partial charge on any atom is -0.381 e. The Balaban J connectivity index is 1.96. The van der Waals surface area contributed by atoms with Crippen molar-refractivity contribution in [2.45, 2.75) is 30.7 Å². The van der Waals surface area contributed by atoms with E-state index in [0.717, 1.165) is 18.4 Å². The molecule has 100 valence electrons. The molecule has 0 unspecified atom stereocenters. The number of nitrogens with one attached hydrogen (secondary N) is 2. The minimum absolute atomic E-state index is 0.138. The quantitative estimate of drug-likeness (QED) is 0.800. The van der Waals surface area contributed by atoms with Crippen molar-refractivity contribution in [1.82, 2.24) is 10.3 Å². The summed E-state index contributed by atoms with van der Waals surface area (Å²) in [4.78, 5) is 2.70. The molecule has 0 atom stereocenters. The second-order valence-electron chi connectivity index (χ2n) is 4.45. The smallest absolute Gasteiger partial charge is 0.253 e. The Hall–Kier alpha value is -0.950. The largest absolute Gasteiger partial charge is 0.381 e. The Bertz CT molecular complexity index is 479. The summed E-state index contributed by atoms with van der Waals surface area (Å²) >= 11 is 0. The molecule has 1 heterocycles. The van der Waals surface area contributed by atoms with Crippen LogP contribution in [0.15, 0.2) is 29.2 Å². The molecule has 0 saturated carbocycles. The number of rotatable bonds is 4. The third-order valence-electron chi connectivity index (χ3n) is 2.95. The molecule has 18 heavy (non-hydrogen) atoms. The van der Waals surface area contributed by atoms with Crippen LogP contribution in [-0.4, -0.2) is 27.7 Å². The molecule has 2 N–H and O–H groups in total. The van der Waals surface area contributed by atoms with Gasteiger partial charge in [-0.05, 0) is 31.9 Å². The molecule has 0 aromatic heterocycles. The second-order valence-corrected chi connectivity index (χ2v) is 6.13. The van der Waals surface area contributed by atoms with Gasteiger partial charge in [0.2, 0.25) is 0 Å². The topological polar surface area (TPSA) is 67.4 Å². The van der Waals surface area contributed by atoms with Gasteiger partial charge in [-0.3, -0.25) is 0 Å². The standard InChI is InChI=1S/C12H18N2O3S/c1-10-2-4-12(5-3-10)18(15,16)14-13-11-6-8-17-9-7-11/h2-5,11,13-14H,6-9H2,1H3. The zero-order chi connectivity index (χ0) is 13.0. The fraction of sp³-hybridized carbons (Fsp3) is 0.500. The maximum atomic E-state index is 12.0. The van der Waals surface area contributed by atoms with Gasteiger partial charge < -0.3 is 4.74 Å². The first-order chi connectivity index (χ1) is 8.58. The van der Waals surface area contributed by atoms with E-state index in [4.69, 9.17) is 4.74 Å². The summed E-state index contributed by atoms with van der Waals surface area (Å²) in [5, 5.41) is 0. The number of hydrazine groups is 1. The van der Waals surface area contributed by atoms with Gasteiger partial charge in [-0.1, -0.05) is 17.7 Å². The molecule has 0 aliphatic carbocycles. The van der Waals surface area contributed by atoms with Crippen LogP contribution in [0.25, 0.3) is 0 Å². The van der Waals surface area contributed by atoms with Gasteiger partial charge in [0, 0.05) is 19.3 Å². The van der Waals surface area contributed by atoms with E-state index in [9.17, 15) is 8.42 Å². The van der Waals surface area contributed by atoms with E-state index in [2.05, 4.69) is 10.3 Å². The van der Waals surface area contributed by atoms with Crippen molar-refractivity contribution in [1.29, 1.82) is 0 Å². The molecule has 0 spiro atoms.